The molecule has 0 saturated carbocycles. The molecule has 0 saturated heterocycles. The monoisotopic (exact) mass is 284 g/mol. The summed E-state index contributed by atoms with van der Waals surface area (Å²) in [6.45, 7) is 6.21. The molecule has 0 unspecified atom stereocenters. The Labute approximate surface area is 126 Å². The summed E-state index contributed by atoms with van der Waals surface area (Å²) in [5, 5.41) is 3.46. The van der Waals surface area contributed by atoms with E-state index in [1.807, 2.05) is 6.33 Å². The molecule has 21 heavy (non-hydrogen) atoms. The highest BCUT2D eigenvalue weighted by molar-refractivity contribution is 5.34. The molecule has 4 nitrogen and oxygen atoms in total. The van der Waals surface area contributed by atoms with Crippen LogP contribution in [-0.2, 0) is 19.4 Å². The molecule has 0 aromatic carbocycles. The second-order valence-corrected chi connectivity index (χ2v) is 5.87. The Bertz CT molecular complexity index is 615. The van der Waals surface area contributed by atoms with Crippen molar-refractivity contribution in [3.8, 4) is 5.82 Å². The number of aromatic nitrogens is 3. The van der Waals surface area contributed by atoms with E-state index in [9.17, 15) is 0 Å². The minimum atomic E-state index is 0.904. The molecule has 0 radical (unpaired) electrons. The van der Waals surface area contributed by atoms with Crippen LogP contribution in [0.15, 0.2) is 18.5 Å². The van der Waals surface area contributed by atoms with Crippen LogP contribution in [0.25, 0.3) is 5.82 Å². The summed E-state index contributed by atoms with van der Waals surface area (Å²) in [5.41, 5.74) is 4.98. The standard InChI is InChI=1S/C17H24N4/c1-3-8-18-11-14-9-13(2)20-17(10-14)21-12-19-15-6-4-5-7-16(15)21/h9-10,12,18H,3-8,11H2,1-2H3. The molecule has 0 spiro atoms. The van der Waals surface area contributed by atoms with Gasteiger partial charge in [0.1, 0.15) is 12.1 Å². The average molecular weight is 284 g/mol. The highest BCUT2D eigenvalue weighted by Gasteiger charge is 2.17. The van der Waals surface area contributed by atoms with E-state index >= 15 is 0 Å². The van der Waals surface area contributed by atoms with Gasteiger partial charge in [-0.3, -0.25) is 4.57 Å². The van der Waals surface area contributed by atoms with Gasteiger partial charge in [0.15, 0.2) is 0 Å². The third-order valence-electron chi connectivity index (χ3n) is 4.03. The van der Waals surface area contributed by atoms with Crippen molar-refractivity contribution in [2.24, 2.45) is 0 Å². The lowest BCUT2D eigenvalue weighted by molar-refractivity contribution is 0.652. The molecule has 4 heteroatoms. The number of pyridine rings is 1. The molecule has 0 amide bonds. The summed E-state index contributed by atoms with van der Waals surface area (Å²) in [4.78, 5) is 9.28. The Balaban J connectivity index is 1.89. The predicted molar refractivity (Wildman–Crippen MR) is 84.7 cm³/mol. The van der Waals surface area contributed by atoms with E-state index in [0.717, 1.165) is 43.9 Å². The third-order valence-corrected chi connectivity index (χ3v) is 4.03. The maximum Gasteiger partial charge on any atom is 0.138 e. The molecule has 112 valence electrons. The Morgan fingerprint density at radius 1 is 1.24 bits per heavy atom. The number of fused-ring (bicyclic) bond motifs is 1. The lowest BCUT2D eigenvalue weighted by Gasteiger charge is -2.14. The molecule has 2 aromatic heterocycles. The van der Waals surface area contributed by atoms with Gasteiger partial charge >= 0.3 is 0 Å². The first kappa shape index (κ1) is 14.3. The van der Waals surface area contributed by atoms with Crippen molar-refractivity contribution in [1.29, 1.82) is 0 Å². The summed E-state index contributed by atoms with van der Waals surface area (Å²) in [7, 11) is 0. The Morgan fingerprint density at radius 3 is 2.95 bits per heavy atom. The molecule has 0 fully saturated rings. The molecule has 0 aliphatic heterocycles. The second-order valence-electron chi connectivity index (χ2n) is 5.87. The van der Waals surface area contributed by atoms with Gasteiger partial charge in [-0.05, 0) is 63.3 Å². The fourth-order valence-corrected chi connectivity index (χ4v) is 3.02. The zero-order valence-corrected chi connectivity index (χ0v) is 13.0. The van der Waals surface area contributed by atoms with Gasteiger partial charge in [-0.1, -0.05) is 6.92 Å². The fourth-order valence-electron chi connectivity index (χ4n) is 3.02. The summed E-state index contributed by atoms with van der Waals surface area (Å²) in [5.74, 6) is 1.01. The van der Waals surface area contributed by atoms with Gasteiger partial charge in [0.25, 0.3) is 0 Å². The summed E-state index contributed by atoms with van der Waals surface area (Å²) >= 11 is 0. The lowest BCUT2D eigenvalue weighted by Crippen LogP contribution is -2.15. The van der Waals surface area contributed by atoms with Crippen molar-refractivity contribution in [3.05, 3.63) is 41.1 Å². The first-order chi connectivity index (χ1) is 10.3. The SMILES string of the molecule is CCCNCc1cc(C)nc(-n2cnc3c2CCCC3)c1. The van der Waals surface area contributed by atoms with Crippen molar-refractivity contribution in [1.82, 2.24) is 19.9 Å². The van der Waals surface area contributed by atoms with Crippen molar-refractivity contribution in [2.75, 3.05) is 6.54 Å². The molecular formula is C17H24N4. The number of nitrogens with one attached hydrogen (secondary N) is 1. The van der Waals surface area contributed by atoms with Gasteiger partial charge in [-0.2, -0.15) is 0 Å². The van der Waals surface area contributed by atoms with Crippen LogP contribution in [-0.4, -0.2) is 21.1 Å². The Hall–Kier alpha value is -1.68. The summed E-state index contributed by atoms with van der Waals surface area (Å²) in [6, 6.07) is 4.35. The summed E-state index contributed by atoms with van der Waals surface area (Å²) < 4.78 is 2.19. The van der Waals surface area contributed by atoms with E-state index in [-0.39, 0.29) is 0 Å². The van der Waals surface area contributed by atoms with Crippen LogP contribution in [0.4, 0.5) is 0 Å². The zero-order chi connectivity index (χ0) is 14.7. The number of imidazole rings is 1. The van der Waals surface area contributed by atoms with Crippen LogP contribution < -0.4 is 5.32 Å². The number of hydrogen-bond acceptors (Lipinski definition) is 3. The van der Waals surface area contributed by atoms with E-state index in [1.165, 1.54) is 29.8 Å². The van der Waals surface area contributed by atoms with Crippen LogP contribution >= 0.6 is 0 Å². The van der Waals surface area contributed by atoms with Gasteiger partial charge in [-0.15, -0.1) is 0 Å². The van der Waals surface area contributed by atoms with E-state index in [4.69, 9.17) is 4.98 Å². The lowest BCUT2D eigenvalue weighted by atomic mass is 10.0. The van der Waals surface area contributed by atoms with Crippen molar-refractivity contribution >= 4 is 0 Å². The molecule has 1 N–H and O–H groups in total. The molecule has 0 atom stereocenters. The minimum absolute atomic E-state index is 0.904. The highest BCUT2D eigenvalue weighted by atomic mass is 15.1. The molecular weight excluding hydrogens is 260 g/mol. The van der Waals surface area contributed by atoms with Crippen LogP contribution in [0.2, 0.25) is 0 Å². The molecule has 2 aromatic rings. The molecule has 3 rings (SSSR count). The molecule has 0 bridgehead atoms. The van der Waals surface area contributed by atoms with Crippen molar-refractivity contribution < 1.29 is 0 Å². The largest absolute Gasteiger partial charge is 0.313 e. The zero-order valence-electron chi connectivity index (χ0n) is 13.0. The summed E-state index contributed by atoms with van der Waals surface area (Å²) in [6.07, 6.45) is 7.85. The number of aryl methyl sites for hydroxylation is 2. The fraction of sp³-hybridized carbons (Fsp3) is 0.529. The second kappa shape index (κ2) is 6.39. The van der Waals surface area contributed by atoms with E-state index in [1.54, 1.807) is 0 Å². The Kier molecular flexibility index (Phi) is 4.34. The quantitative estimate of drug-likeness (QED) is 0.858. The van der Waals surface area contributed by atoms with E-state index in [0.29, 0.717) is 0 Å². The van der Waals surface area contributed by atoms with Gasteiger partial charge in [0.2, 0.25) is 0 Å². The van der Waals surface area contributed by atoms with Crippen molar-refractivity contribution in [3.63, 3.8) is 0 Å². The van der Waals surface area contributed by atoms with Crippen LogP contribution in [0.1, 0.15) is 48.8 Å². The predicted octanol–water partition coefficient (Wildman–Crippen LogP) is 2.95. The molecule has 1 aliphatic carbocycles. The topological polar surface area (TPSA) is 42.7 Å². The van der Waals surface area contributed by atoms with Crippen molar-refractivity contribution in [2.45, 2.75) is 52.5 Å². The average Bonchev–Trinajstić information content (AvgIpc) is 2.91. The van der Waals surface area contributed by atoms with Gasteiger partial charge in [0, 0.05) is 17.9 Å². The highest BCUT2D eigenvalue weighted by Crippen LogP contribution is 2.23. The number of rotatable bonds is 5. The first-order valence-corrected chi connectivity index (χ1v) is 8.01. The smallest absolute Gasteiger partial charge is 0.138 e. The van der Waals surface area contributed by atoms with Crippen LogP contribution in [0, 0.1) is 6.92 Å². The van der Waals surface area contributed by atoms with Gasteiger partial charge in [-0.25, -0.2) is 9.97 Å². The van der Waals surface area contributed by atoms with E-state index in [2.05, 4.69) is 40.8 Å². The normalized spacial score (nSPS) is 14.2. The van der Waals surface area contributed by atoms with Gasteiger partial charge in [0.05, 0.1) is 5.69 Å². The van der Waals surface area contributed by atoms with E-state index < -0.39 is 0 Å². The van der Waals surface area contributed by atoms with Crippen LogP contribution in [0.5, 0.6) is 0 Å². The minimum Gasteiger partial charge on any atom is -0.313 e. The molecule has 1 aliphatic rings. The number of nitrogens with zero attached hydrogens (tertiary/aromatic N) is 3. The Morgan fingerprint density at radius 2 is 2.10 bits per heavy atom. The maximum atomic E-state index is 4.71. The molecule has 2 heterocycles. The van der Waals surface area contributed by atoms with Gasteiger partial charge < -0.3 is 5.32 Å². The first-order valence-electron chi connectivity index (χ1n) is 8.01. The third kappa shape index (κ3) is 3.16. The maximum absolute atomic E-state index is 4.71. The number of hydrogen-bond donors (Lipinski definition) is 1. The van der Waals surface area contributed by atoms with Crippen LogP contribution in [0.3, 0.4) is 0 Å².